The van der Waals surface area contributed by atoms with Gasteiger partial charge >= 0.3 is 6.09 Å². The van der Waals surface area contributed by atoms with Gasteiger partial charge in [-0.2, -0.15) is 0 Å². The fourth-order valence-electron chi connectivity index (χ4n) is 7.60. The molecule has 3 unspecified atom stereocenters. The molecular weight excluding hydrogens is 667 g/mol. The summed E-state index contributed by atoms with van der Waals surface area (Å²) in [5.41, 5.74) is 5.52. The Labute approximate surface area is 309 Å². The Morgan fingerprint density at radius 3 is 2.30 bits per heavy atom. The number of alkyl carbamates (subject to hydrolysis) is 1. The molecule has 11 nitrogen and oxygen atoms in total. The van der Waals surface area contributed by atoms with Crippen LogP contribution in [-0.4, -0.2) is 73.9 Å². The summed E-state index contributed by atoms with van der Waals surface area (Å²) < 4.78 is 4.75. The van der Waals surface area contributed by atoms with Gasteiger partial charge in [0.1, 0.15) is 17.7 Å². The second-order valence-corrected chi connectivity index (χ2v) is 14.9. The fourth-order valence-corrected chi connectivity index (χ4v) is 7.60. The molecule has 2 aromatic heterocycles. The summed E-state index contributed by atoms with van der Waals surface area (Å²) in [6, 6.07) is 17.5. The van der Waals surface area contributed by atoms with Crippen molar-refractivity contribution in [2.45, 2.75) is 77.9 Å². The van der Waals surface area contributed by atoms with Gasteiger partial charge in [-0.25, -0.2) is 14.8 Å². The van der Waals surface area contributed by atoms with Gasteiger partial charge in [-0.15, -0.1) is 0 Å². The second kappa shape index (κ2) is 15.2. The van der Waals surface area contributed by atoms with Gasteiger partial charge < -0.3 is 29.8 Å². The van der Waals surface area contributed by atoms with Crippen LogP contribution in [-0.2, 0) is 14.3 Å². The summed E-state index contributed by atoms with van der Waals surface area (Å²) in [5.74, 6) is 8.51. The molecule has 0 spiro atoms. The van der Waals surface area contributed by atoms with E-state index in [1.165, 1.54) is 7.11 Å². The molecule has 274 valence electrons. The number of H-pyrrole nitrogens is 2. The minimum absolute atomic E-state index is 0.00951. The topological polar surface area (TPSA) is 136 Å². The number of hydrogen-bond donors (Lipinski definition) is 3. The van der Waals surface area contributed by atoms with E-state index in [9.17, 15) is 14.4 Å². The quantitative estimate of drug-likeness (QED) is 0.145. The zero-order valence-corrected chi connectivity index (χ0v) is 31.0. The Balaban J connectivity index is 1.04. The van der Waals surface area contributed by atoms with E-state index in [1.54, 1.807) is 6.20 Å². The van der Waals surface area contributed by atoms with Gasteiger partial charge in [-0.05, 0) is 78.8 Å². The number of nitrogens with one attached hydrogen (secondary N) is 3. The van der Waals surface area contributed by atoms with Gasteiger partial charge in [0.05, 0.1) is 42.1 Å². The molecule has 0 bridgehead atoms. The highest BCUT2D eigenvalue weighted by Gasteiger charge is 2.37. The summed E-state index contributed by atoms with van der Waals surface area (Å²) in [5, 5.41) is 4.81. The van der Waals surface area contributed by atoms with E-state index in [-0.39, 0.29) is 29.8 Å². The number of likely N-dealkylation sites (tertiary alicyclic amines) is 2. The minimum Gasteiger partial charge on any atom is -0.453 e. The number of amides is 3. The molecule has 3 aromatic carbocycles. The number of methoxy groups -OCH3 is 1. The highest BCUT2D eigenvalue weighted by atomic mass is 16.5. The molecule has 2 saturated heterocycles. The van der Waals surface area contributed by atoms with Gasteiger partial charge in [-0.3, -0.25) is 9.59 Å². The lowest BCUT2D eigenvalue weighted by molar-refractivity contribution is -0.135. The van der Waals surface area contributed by atoms with E-state index in [1.807, 2.05) is 54.0 Å². The molecule has 0 saturated carbocycles. The molecule has 2 aliphatic rings. The number of imidazole rings is 2. The number of aromatic amines is 2. The average Bonchev–Trinajstić information content (AvgIpc) is 3.98. The van der Waals surface area contributed by atoms with Gasteiger partial charge in [0, 0.05) is 36.0 Å². The van der Waals surface area contributed by atoms with Crippen molar-refractivity contribution in [3.8, 4) is 23.1 Å². The number of ether oxygens (including phenoxy) is 1. The van der Waals surface area contributed by atoms with Gasteiger partial charge in [0.2, 0.25) is 11.8 Å². The minimum atomic E-state index is -0.678. The molecule has 53 heavy (non-hydrogen) atoms. The van der Waals surface area contributed by atoms with E-state index in [2.05, 4.69) is 70.2 Å². The normalized spacial score (nSPS) is 17.8. The zero-order chi connectivity index (χ0) is 37.2. The molecule has 0 aliphatic carbocycles. The number of benzene rings is 3. The molecular formula is C42H47N7O4. The fraction of sp³-hybridized carbons (Fsp3) is 0.405. The maximum absolute atomic E-state index is 13.5. The molecule has 0 radical (unpaired) electrons. The van der Waals surface area contributed by atoms with Crippen LogP contribution in [0.1, 0.15) is 94.7 Å². The van der Waals surface area contributed by atoms with Crippen LogP contribution in [0, 0.1) is 23.7 Å². The summed E-state index contributed by atoms with van der Waals surface area (Å²) in [6.07, 6.45) is 5.30. The SMILES string of the molecule is COC(=O)NC(C(=O)N1CCCC1c1ncc(-c2ccc(C#Cc3ccc4c(ccc5[nH]c(C6CCCN6C(=O)CC(C)C)nc54)c3)cc2)[nH]1)C(C)C. The van der Waals surface area contributed by atoms with Crippen LogP contribution in [0.5, 0.6) is 0 Å². The van der Waals surface area contributed by atoms with Crippen molar-refractivity contribution in [2.75, 3.05) is 20.2 Å². The lowest BCUT2D eigenvalue weighted by Gasteiger charge is -2.30. The number of carbonyl (C=O) groups excluding carboxylic acids is 3. The Morgan fingerprint density at radius 2 is 1.58 bits per heavy atom. The molecule has 3 amide bonds. The van der Waals surface area contributed by atoms with Gasteiger partial charge in [-0.1, -0.05) is 63.8 Å². The van der Waals surface area contributed by atoms with Crippen molar-refractivity contribution in [1.82, 2.24) is 35.1 Å². The first-order valence-electron chi connectivity index (χ1n) is 18.6. The Hall–Kier alpha value is -5.63. The van der Waals surface area contributed by atoms with Crippen LogP contribution in [0.15, 0.2) is 60.8 Å². The van der Waals surface area contributed by atoms with Crippen molar-refractivity contribution in [2.24, 2.45) is 11.8 Å². The van der Waals surface area contributed by atoms with Crippen LogP contribution in [0.25, 0.3) is 33.1 Å². The third-order valence-corrected chi connectivity index (χ3v) is 10.3. The second-order valence-electron chi connectivity index (χ2n) is 14.9. The maximum atomic E-state index is 13.5. The third kappa shape index (κ3) is 7.49. The molecule has 2 aliphatic heterocycles. The first-order chi connectivity index (χ1) is 25.6. The smallest absolute Gasteiger partial charge is 0.407 e. The van der Waals surface area contributed by atoms with Crippen molar-refractivity contribution < 1.29 is 19.1 Å². The standard InChI is InChI=1S/C42H47N7O4/c1-25(2)22-36(50)48-20-6-9-35(48)40-44-32-19-17-30-23-28(14-18-31(30)38(32)46-40)11-10-27-12-15-29(16-13-27)33-24-43-39(45-33)34-8-7-21-49(34)41(51)37(26(3)4)47-42(52)53-5/h12-19,23-26,34-35,37H,6-9,20-22H2,1-5H3,(H,43,45)(H,44,46)(H,47,52). The van der Waals surface area contributed by atoms with Crippen LogP contribution >= 0.6 is 0 Å². The predicted octanol–water partition coefficient (Wildman–Crippen LogP) is 7.26. The average molecular weight is 714 g/mol. The number of fused-ring (bicyclic) bond motifs is 3. The van der Waals surface area contributed by atoms with Crippen LogP contribution in [0.2, 0.25) is 0 Å². The summed E-state index contributed by atoms with van der Waals surface area (Å²) in [6.45, 7) is 9.36. The first-order valence-corrected chi connectivity index (χ1v) is 18.6. The van der Waals surface area contributed by atoms with Crippen LogP contribution in [0.4, 0.5) is 4.79 Å². The monoisotopic (exact) mass is 713 g/mol. The molecule has 5 aromatic rings. The molecule has 11 heteroatoms. The maximum Gasteiger partial charge on any atom is 0.407 e. The first kappa shape index (κ1) is 35.8. The zero-order valence-electron chi connectivity index (χ0n) is 31.0. The lowest BCUT2D eigenvalue weighted by Crippen LogP contribution is -2.51. The predicted molar refractivity (Wildman–Crippen MR) is 205 cm³/mol. The number of hydrogen-bond acceptors (Lipinski definition) is 6. The molecule has 4 heterocycles. The number of aromatic nitrogens is 4. The van der Waals surface area contributed by atoms with Crippen LogP contribution in [0.3, 0.4) is 0 Å². The lowest BCUT2D eigenvalue weighted by atomic mass is 10.0. The Bertz CT molecular complexity index is 2210. The van der Waals surface area contributed by atoms with E-state index < -0.39 is 12.1 Å². The van der Waals surface area contributed by atoms with E-state index in [0.717, 1.165) is 88.1 Å². The summed E-state index contributed by atoms with van der Waals surface area (Å²) >= 11 is 0. The van der Waals surface area contributed by atoms with Gasteiger partial charge in [0.15, 0.2) is 0 Å². The summed E-state index contributed by atoms with van der Waals surface area (Å²) in [7, 11) is 1.29. The van der Waals surface area contributed by atoms with Crippen molar-refractivity contribution in [3.05, 3.63) is 83.6 Å². The van der Waals surface area contributed by atoms with E-state index >= 15 is 0 Å². The largest absolute Gasteiger partial charge is 0.453 e. The van der Waals surface area contributed by atoms with Gasteiger partial charge in [0.25, 0.3) is 0 Å². The number of nitrogens with zero attached hydrogens (tertiary/aromatic N) is 4. The molecule has 3 atom stereocenters. The molecule has 7 rings (SSSR count). The number of rotatable bonds is 8. The third-order valence-electron chi connectivity index (χ3n) is 10.3. The van der Waals surface area contributed by atoms with E-state index in [0.29, 0.717) is 18.9 Å². The highest BCUT2D eigenvalue weighted by Crippen LogP contribution is 2.35. The Kier molecular flexibility index (Phi) is 10.2. The molecule has 2 fully saturated rings. The number of carbonyl (C=O) groups is 3. The highest BCUT2D eigenvalue weighted by molar-refractivity contribution is 6.04. The van der Waals surface area contributed by atoms with Crippen LogP contribution < -0.4 is 5.32 Å². The van der Waals surface area contributed by atoms with Crippen molar-refractivity contribution in [3.63, 3.8) is 0 Å². The summed E-state index contributed by atoms with van der Waals surface area (Å²) in [4.78, 5) is 58.8. The van der Waals surface area contributed by atoms with Crippen molar-refractivity contribution in [1.29, 1.82) is 0 Å². The molecule has 3 N–H and O–H groups in total. The Morgan fingerprint density at radius 1 is 0.887 bits per heavy atom. The van der Waals surface area contributed by atoms with E-state index in [4.69, 9.17) is 9.72 Å². The van der Waals surface area contributed by atoms with Crippen molar-refractivity contribution >= 4 is 39.7 Å².